The molecule has 2 N–H and O–H groups in total. The van der Waals surface area contributed by atoms with Gasteiger partial charge in [0.15, 0.2) is 0 Å². The van der Waals surface area contributed by atoms with Crippen molar-refractivity contribution in [1.29, 1.82) is 0 Å². The van der Waals surface area contributed by atoms with Crippen molar-refractivity contribution in [3.8, 4) is 5.75 Å². The molecule has 0 aliphatic rings. The van der Waals surface area contributed by atoms with Crippen LogP contribution in [0.2, 0.25) is 0 Å². The second-order valence-corrected chi connectivity index (χ2v) is 4.90. The second-order valence-electron chi connectivity index (χ2n) is 4.90. The fourth-order valence-electron chi connectivity index (χ4n) is 2.24. The lowest BCUT2D eigenvalue weighted by atomic mass is 10.2. The topological polar surface area (TPSA) is 51.4 Å². The Hall–Kier alpha value is -2.07. The van der Waals surface area contributed by atoms with E-state index in [1.807, 2.05) is 30.5 Å². The first kappa shape index (κ1) is 15.3. The van der Waals surface area contributed by atoms with E-state index in [4.69, 9.17) is 10.5 Å². The summed E-state index contributed by atoms with van der Waals surface area (Å²) in [4.78, 5) is 6.73. The zero-order valence-electron chi connectivity index (χ0n) is 12.5. The van der Waals surface area contributed by atoms with Gasteiger partial charge in [0.2, 0.25) is 0 Å². The van der Waals surface area contributed by atoms with E-state index < -0.39 is 0 Å². The van der Waals surface area contributed by atoms with Gasteiger partial charge in [0.25, 0.3) is 0 Å². The first-order valence-corrected chi connectivity index (χ1v) is 7.32. The minimum atomic E-state index is 0.705. The van der Waals surface area contributed by atoms with E-state index in [1.54, 1.807) is 7.11 Å². The van der Waals surface area contributed by atoms with Gasteiger partial charge in [-0.25, -0.2) is 0 Å². The number of nitrogens with two attached hydrogens (primary N) is 1. The van der Waals surface area contributed by atoms with E-state index in [-0.39, 0.29) is 0 Å². The highest BCUT2D eigenvalue weighted by Gasteiger charge is 2.07. The number of anilines is 1. The van der Waals surface area contributed by atoms with Crippen LogP contribution in [-0.4, -0.2) is 31.7 Å². The fraction of sp³-hybridized carbons (Fsp3) is 0.353. The summed E-state index contributed by atoms with van der Waals surface area (Å²) in [5, 5.41) is 0. The Morgan fingerprint density at radius 1 is 1.10 bits per heavy atom. The lowest BCUT2D eigenvalue weighted by Gasteiger charge is -2.24. The summed E-state index contributed by atoms with van der Waals surface area (Å²) in [6, 6.07) is 14.2. The zero-order chi connectivity index (χ0) is 14.9. The standard InChI is InChI=1S/C17H23N3O/c1-21-17-8-6-16(7-9-17)20(13-4-11-18)14-10-15-5-2-3-12-19-15/h2-3,5-9,12H,4,10-11,13-14,18H2,1H3. The van der Waals surface area contributed by atoms with Crippen LogP contribution < -0.4 is 15.4 Å². The van der Waals surface area contributed by atoms with Crippen molar-refractivity contribution in [2.24, 2.45) is 5.73 Å². The molecule has 1 aromatic heterocycles. The molecule has 1 heterocycles. The maximum Gasteiger partial charge on any atom is 0.119 e. The molecule has 0 saturated heterocycles. The Kier molecular flexibility index (Phi) is 6.03. The molecule has 0 bridgehead atoms. The van der Waals surface area contributed by atoms with Crippen LogP contribution in [-0.2, 0) is 6.42 Å². The number of ether oxygens (including phenoxy) is 1. The molecule has 4 heteroatoms. The molecular weight excluding hydrogens is 262 g/mol. The highest BCUT2D eigenvalue weighted by molar-refractivity contribution is 5.49. The minimum absolute atomic E-state index is 0.705. The van der Waals surface area contributed by atoms with Crippen LogP contribution in [0, 0.1) is 0 Å². The van der Waals surface area contributed by atoms with E-state index in [2.05, 4.69) is 28.1 Å². The van der Waals surface area contributed by atoms with E-state index in [0.717, 1.165) is 37.4 Å². The van der Waals surface area contributed by atoms with Crippen molar-refractivity contribution in [2.75, 3.05) is 31.6 Å². The van der Waals surface area contributed by atoms with Crippen LogP contribution in [0.3, 0.4) is 0 Å². The Morgan fingerprint density at radius 2 is 1.90 bits per heavy atom. The molecule has 0 saturated carbocycles. The summed E-state index contributed by atoms with van der Waals surface area (Å²) in [5.74, 6) is 0.877. The molecule has 0 aliphatic heterocycles. The Morgan fingerprint density at radius 3 is 2.52 bits per heavy atom. The summed E-state index contributed by atoms with van der Waals surface area (Å²) in [5.41, 5.74) is 7.96. The van der Waals surface area contributed by atoms with Crippen molar-refractivity contribution in [3.05, 3.63) is 54.4 Å². The number of aromatic nitrogens is 1. The van der Waals surface area contributed by atoms with E-state index in [1.165, 1.54) is 5.69 Å². The van der Waals surface area contributed by atoms with Gasteiger partial charge in [-0.15, -0.1) is 0 Å². The van der Waals surface area contributed by atoms with Gasteiger partial charge in [-0.1, -0.05) is 6.07 Å². The van der Waals surface area contributed by atoms with Crippen molar-refractivity contribution < 1.29 is 4.74 Å². The summed E-state index contributed by atoms with van der Waals surface area (Å²) in [7, 11) is 1.68. The van der Waals surface area contributed by atoms with Gasteiger partial charge in [0.1, 0.15) is 5.75 Å². The molecule has 0 fully saturated rings. The van der Waals surface area contributed by atoms with Gasteiger partial charge in [0.05, 0.1) is 7.11 Å². The molecule has 4 nitrogen and oxygen atoms in total. The molecule has 0 amide bonds. The third-order valence-corrected chi connectivity index (χ3v) is 3.43. The highest BCUT2D eigenvalue weighted by atomic mass is 16.5. The van der Waals surface area contributed by atoms with Gasteiger partial charge in [0, 0.05) is 37.1 Å². The second kappa shape index (κ2) is 8.27. The SMILES string of the molecule is COc1ccc(N(CCCN)CCc2ccccn2)cc1. The largest absolute Gasteiger partial charge is 0.497 e. The van der Waals surface area contributed by atoms with Gasteiger partial charge in [-0.3, -0.25) is 4.98 Å². The molecule has 2 aromatic rings. The summed E-state index contributed by atoms with van der Waals surface area (Å²) in [6.45, 7) is 2.59. The third-order valence-electron chi connectivity index (χ3n) is 3.43. The number of hydrogen-bond donors (Lipinski definition) is 1. The fourth-order valence-corrected chi connectivity index (χ4v) is 2.24. The first-order valence-electron chi connectivity index (χ1n) is 7.32. The maximum atomic E-state index is 5.65. The van der Waals surface area contributed by atoms with E-state index in [0.29, 0.717) is 6.54 Å². The molecule has 0 radical (unpaired) electrons. The van der Waals surface area contributed by atoms with Crippen LogP contribution in [0.5, 0.6) is 5.75 Å². The summed E-state index contributed by atoms with van der Waals surface area (Å²) in [6.07, 6.45) is 3.75. The molecule has 0 aliphatic carbocycles. The Balaban J connectivity index is 2.02. The van der Waals surface area contributed by atoms with Gasteiger partial charge < -0.3 is 15.4 Å². The van der Waals surface area contributed by atoms with Crippen molar-refractivity contribution in [3.63, 3.8) is 0 Å². The van der Waals surface area contributed by atoms with Crippen molar-refractivity contribution in [2.45, 2.75) is 12.8 Å². The Labute approximate surface area is 126 Å². The third kappa shape index (κ3) is 4.76. The summed E-state index contributed by atoms with van der Waals surface area (Å²) >= 11 is 0. The number of pyridine rings is 1. The number of benzene rings is 1. The smallest absolute Gasteiger partial charge is 0.119 e. The zero-order valence-corrected chi connectivity index (χ0v) is 12.5. The molecule has 0 unspecified atom stereocenters. The monoisotopic (exact) mass is 285 g/mol. The predicted octanol–water partition coefficient (Wildman–Crippen LogP) is 2.49. The molecular formula is C17H23N3O. The van der Waals surface area contributed by atoms with Crippen LogP contribution in [0.15, 0.2) is 48.7 Å². The molecule has 0 atom stereocenters. The van der Waals surface area contributed by atoms with E-state index >= 15 is 0 Å². The number of nitrogens with zero attached hydrogens (tertiary/aromatic N) is 2. The molecule has 21 heavy (non-hydrogen) atoms. The average molecular weight is 285 g/mol. The first-order chi connectivity index (χ1) is 10.3. The Bertz CT molecular complexity index is 513. The van der Waals surface area contributed by atoms with Crippen molar-refractivity contribution >= 4 is 5.69 Å². The lowest BCUT2D eigenvalue weighted by molar-refractivity contribution is 0.415. The number of hydrogen-bond acceptors (Lipinski definition) is 4. The lowest BCUT2D eigenvalue weighted by Crippen LogP contribution is -2.28. The van der Waals surface area contributed by atoms with E-state index in [9.17, 15) is 0 Å². The van der Waals surface area contributed by atoms with Gasteiger partial charge >= 0.3 is 0 Å². The van der Waals surface area contributed by atoms with Gasteiger partial charge in [-0.05, 0) is 49.4 Å². The highest BCUT2D eigenvalue weighted by Crippen LogP contribution is 2.19. The van der Waals surface area contributed by atoms with Crippen LogP contribution in [0.1, 0.15) is 12.1 Å². The van der Waals surface area contributed by atoms with Crippen LogP contribution in [0.4, 0.5) is 5.69 Å². The quantitative estimate of drug-likeness (QED) is 0.809. The number of methoxy groups -OCH3 is 1. The summed E-state index contributed by atoms with van der Waals surface area (Å²) < 4.78 is 5.21. The van der Waals surface area contributed by atoms with Gasteiger partial charge in [-0.2, -0.15) is 0 Å². The minimum Gasteiger partial charge on any atom is -0.497 e. The molecule has 112 valence electrons. The molecule has 1 aromatic carbocycles. The predicted molar refractivity (Wildman–Crippen MR) is 86.8 cm³/mol. The van der Waals surface area contributed by atoms with Crippen LogP contribution >= 0.6 is 0 Å². The molecule has 2 rings (SSSR count). The number of rotatable bonds is 8. The van der Waals surface area contributed by atoms with Crippen LogP contribution in [0.25, 0.3) is 0 Å². The normalized spacial score (nSPS) is 10.4. The maximum absolute atomic E-state index is 5.65. The van der Waals surface area contributed by atoms with Crippen molar-refractivity contribution in [1.82, 2.24) is 4.98 Å². The average Bonchev–Trinajstić information content (AvgIpc) is 2.56. The molecule has 0 spiro atoms.